The summed E-state index contributed by atoms with van der Waals surface area (Å²) in [5.74, 6) is -1.55. The highest BCUT2D eigenvalue weighted by molar-refractivity contribution is 6.53. The van der Waals surface area contributed by atoms with Crippen LogP contribution in [0.1, 0.15) is 17.0 Å². The Kier molecular flexibility index (Phi) is 6.20. The number of amides is 2. The summed E-state index contributed by atoms with van der Waals surface area (Å²) in [6.07, 6.45) is 0. The molecule has 0 saturated heterocycles. The van der Waals surface area contributed by atoms with E-state index in [1.54, 1.807) is 30.3 Å². The quantitative estimate of drug-likeness (QED) is 0.635. The molecule has 2 amide bonds. The SMILES string of the molecule is COCC(=O)Nc1cccc(NC(=O)C2C(c3cc(C)cc(Cl)c3)C2(Cl)Cl)c1. The van der Waals surface area contributed by atoms with Crippen LogP contribution in [0.5, 0.6) is 0 Å². The third-order valence-electron chi connectivity index (χ3n) is 4.45. The Labute approximate surface area is 178 Å². The molecule has 0 aliphatic heterocycles. The fourth-order valence-electron chi connectivity index (χ4n) is 3.23. The highest BCUT2D eigenvalue weighted by Gasteiger charge is 2.67. The Balaban J connectivity index is 1.72. The number of aryl methyl sites for hydroxylation is 1. The van der Waals surface area contributed by atoms with E-state index in [1.165, 1.54) is 7.11 Å². The average molecular weight is 442 g/mol. The molecule has 1 saturated carbocycles. The molecule has 1 fully saturated rings. The first-order valence-corrected chi connectivity index (χ1v) is 9.70. The molecule has 2 N–H and O–H groups in total. The predicted molar refractivity (Wildman–Crippen MR) is 112 cm³/mol. The lowest BCUT2D eigenvalue weighted by molar-refractivity contribution is -0.119. The number of carbonyl (C=O) groups excluding carboxylic acids is 2. The first-order chi connectivity index (χ1) is 13.2. The number of ether oxygens (including phenoxy) is 1. The number of halogens is 3. The molecular formula is C20H19Cl3N2O3. The molecule has 0 bridgehead atoms. The maximum Gasteiger partial charge on any atom is 0.250 e. The fraction of sp³-hybridized carbons (Fsp3) is 0.300. The summed E-state index contributed by atoms with van der Waals surface area (Å²) in [7, 11) is 1.44. The molecule has 8 heteroatoms. The third kappa shape index (κ3) is 4.61. The van der Waals surface area contributed by atoms with Crippen molar-refractivity contribution in [2.75, 3.05) is 24.4 Å². The van der Waals surface area contributed by atoms with E-state index in [4.69, 9.17) is 39.5 Å². The van der Waals surface area contributed by atoms with Crippen LogP contribution in [0.2, 0.25) is 5.02 Å². The Morgan fingerprint density at radius 1 is 1.11 bits per heavy atom. The first-order valence-electron chi connectivity index (χ1n) is 8.57. The van der Waals surface area contributed by atoms with Crippen LogP contribution < -0.4 is 10.6 Å². The van der Waals surface area contributed by atoms with Gasteiger partial charge in [-0.1, -0.05) is 23.7 Å². The lowest BCUT2D eigenvalue weighted by Crippen LogP contribution is -2.18. The van der Waals surface area contributed by atoms with E-state index in [0.29, 0.717) is 16.4 Å². The van der Waals surface area contributed by atoms with Gasteiger partial charge in [0.2, 0.25) is 11.8 Å². The van der Waals surface area contributed by atoms with Gasteiger partial charge in [0.05, 0.1) is 5.92 Å². The van der Waals surface area contributed by atoms with Crippen LogP contribution in [0.25, 0.3) is 0 Å². The zero-order chi connectivity index (χ0) is 20.5. The van der Waals surface area contributed by atoms with E-state index in [2.05, 4.69) is 10.6 Å². The van der Waals surface area contributed by atoms with Gasteiger partial charge in [-0.15, -0.1) is 23.2 Å². The number of rotatable bonds is 6. The summed E-state index contributed by atoms with van der Waals surface area (Å²) in [4.78, 5) is 24.4. The monoisotopic (exact) mass is 440 g/mol. The first kappa shape index (κ1) is 20.9. The second kappa shape index (κ2) is 8.29. The summed E-state index contributed by atoms with van der Waals surface area (Å²) in [6.45, 7) is 1.86. The summed E-state index contributed by atoms with van der Waals surface area (Å²) in [5, 5.41) is 6.07. The molecular weight excluding hydrogens is 423 g/mol. The molecule has 3 rings (SSSR count). The molecule has 148 valence electrons. The van der Waals surface area contributed by atoms with Crippen molar-refractivity contribution in [3.63, 3.8) is 0 Å². The molecule has 0 aromatic heterocycles. The van der Waals surface area contributed by atoms with Crippen LogP contribution >= 0.6 is 34.8 Å². The highest BCUT2D eigenvalue weighted by Crippen LogP contribution is 2.65. The van der Waals surface area contributed by atoms with Crippen LogP contribution in [0.4, 0.5) is 11.4 Å². The number of carbonyl (C=O) groups is 2. The van der Waals surface area contributed by atoms with Crippen molar-refractivity contribution in [1.29, 1.82) is 0 Å². The minimum absolute atomic E-state index is 0.0552. The largest absolute Gasteiger partial charge is 0.375 e. The summed E-state index contributed by atoms with van der Waals surface area (Å²) >= 11 is 18.9. The van der Waals surface area contributed by atoms with E-state index in [1.807, 2.05) is 19.1 Å². The van der Waals surface area contributed by atoms with Crippen molar-refractivity contribution >= 4 is 58.0 Å². The van der Waals surface area contributed by atoms with Gasteiger partial charge in [-0.05, 0) is 48.4 Å². The van der Waals surface area contributed by atoms with Crippen LogP contribution in [-0.2, 0) is 14.3 Å². The maximum absolute atomic E-state index is 12.8. The molecule has 28 heavy (non-hydrogen) atoms. The van der Waals surface area contributed by atoms with Gasteiger partial charge in [-0.25, -0.2) is 0 Å². The van der Waals surface area contributed by atoms with E-state index >= 15 is 0 Å². The normalized spacial score (nSPS) is 19.8. The van der Waals surface area contributed by atoms with Crippen molar-refractivity contribution in [2.45, 2.75) is 17.2 Å². The van der Waals surface area contributed by atoms with Crippen LogP contribution in [0.3, 0.4) is 0 Å². The van der Waals surface area contributed by atoms with E-state index in [0.717, 1.165) is 11.1 Å². The minimum atomic E-state index is -1.20. The molecule has 0 radical (unpaired) electrons. The standard InChI is InChI=1S/C20H19Cl3N2O3/c1-11-6-12(8-13(21)7-11)17-18(20(17,22)23)19(27)25-15-5-3-4-14(9-15)24-16(26)10-28-2/h3-9,17-18H,10H2,1-2H3,(H,24,26)(H,25,27). The molecule has 0 heterocycles. The lowest BCUT2D eigenvalue weighted by atomic mass is 10.1. The van der Waals surface area contributed by atoms with E-state index in [9.17, 15) is 9.59 Å². The van der Waals surface area contributed by atoms with Gasteiger partial charge in [0.25, 0.3) is 0 Å². The minimum Gasteiger partial charge on any atom is -0.375 e. The maximum atomic E-state index is 12.8. The summed E-state index contributed by atoms with van der Waals surface area (Å²) < 4.78 is 3.58. The Morgan fingerprint density at radius 3 is 2.43 bits per heavy atom. The molecule has 2 aromatic carbocycles. The van der Waals surface area contributed by atoms with Crippen LogP contribution in [0, 0.1) is 12.8 Å². The van der Waals surface area contributed by atoms with Gasteiger partial charge in [0, 0.05) is 29.4 Å². The number of nitrogens with one attached hydrogen (secondary N) is 2. The van der Waals surface area contributed by atoms with Crippen molar-refractivity contribution in [1.82, 2.24) is 0 Å². The second-order valence-electron chi connectivity index (χ2n) is 6.74. The molecule has 1 aliphatic rings. The smallest absolute Gasteiger partial charge is 0.250 e. The Bertz CT molecular complexity index is 897. The van der Waals surface area contributed by atoms with Crippen LogP contribution in [0.15, 0.2) is 42.5 Å². The van der Waals surface area contributed by atoms with Crippen LogP contribution in [-0.4, -0.2) is 29.9 Å². The number of alkyl halides is 2. The summed E-state index contributed by atoms with van der Waals surface area (Å²) in [5.41, 5.74) is 2.87. The third-order valence-corrected chi connectivity index (χ3v) is 5.61. The van der Waals surface area contributed by atoms with E-state index < -0.39 is 10.3 Å². The van der Waals surface area contributed by atoms with Gasteiger partial charge < -0.3 is 15.4 Å². The van der Waals surface area contributed by atoms with Gasteiger partial charge in [-0.3, -0.25) is 9.59 Å². The predicted octanol–water partition coefficient (Wildman–Crippen LogP) is 4.76. The zero-order valence-corrected chi connectivity index (χ0v) is 17.5. The number of anilines is 2. The summed E-state index contributed by atoms with van der Waals surface area (Å²) in [6, 6.07) is 12.3. The van der Waals surface area contributed by atoms with Gasteiger partial charge in [0.15, 0.2) is 0 Å². The van der Waals surface area contributed by atoms with Crippen molar-refractivity contribution in [3.8, 4) is 0 Å². The van der Waals surface area contributed by atoms with Crippen molar-refractivity contribution in [3.05, 3.63) is 58.6 Å². The number of hydrogen-bond donors (Lipinski definition) is 2. The van der Waals surface area contributed by atoms with Gasteiger partial charge >= 0.3 is 0 Å². The molecule has 2 atom stereocenters. The zero-order valence-electron chi connectivity index (χ0n) is 15.3. The Hall–Kier alpha value is -1.79. The average Bonchev–Trinajstić information content (AvgIpc) is 3.17. The van der Waals surface area contributed by atoms with Crippen molar-refractivity contribution < 1.29 is 14.3 Å². The molecule has 5 nitrogen and oxygen atoms in total. The molecule has 1 aliphatic carbocycles. The Morgan fingerprint density at radius 2 is 1.79 bits per heavy atom. The lowest BCUT2D eigenvalue weighted by Gasteiger charge is -2.09. The second-order valence-corrected chi connectivity index (χ2v) is 8.62. The molecule has 2 aromatic rings. The number of methoxy groups -OCH3 is 1. The number of benzene rings is 2. The molecule has 2 unspecified atom stereocenters. The van der Waals surface area contributed by atoms with Crippen molar-refractivity contribution in [2.24, 2.45) is 5.92 Å². The fourth-order valence-corrected chi connectivity index (χ4v) is 4.36. The number of hydrogen-bond acceptors (Lipinski definition) is 3. The molecule has 0 spiro atoms. The van der Waals surface area contributed by atoms with Gasteiger partial charge in [-0.2, -0.15) is 0 Å². The van der Waals surface area contributed by atoms with E-state index in [-0.39, 0.29) is 24.3 Å². The van der Waals surface area contributed by atoms with Gasteiger partial charge in [0.1, 0.15) is 10.9 Å². The highest BCUT2D eigenvalue weighted by atomic mass is 35.5. The topological polar surface area (TPSA) is 67.4 Å².